The largest absolute Gasteiger partial charge is 0.465 e. The molecule has 1 aliphatic heterocycles. The highest BCUT2D eigenvalue weighted by Crippen LogP contribution is 2.39. The number of nitrogens with two attached hydrogens (primary N) is 1. The first kappa shape index (κ1) is 14.6. The van der Waals surface area contributed by atoms with E-state index in [0.29, 0.717) is 30.3 Å². The van der Waals surface area contributed by atoms with Crippen LogP contribution in [0.15, 0.2) is 0 Å². The Labute approximate surface area is 121 Å². The number of nitrogen functional groups attached to an aromatic ring is 1. The van der Waals surface area contributed by atoms with Crippen LogP contribution >= 0.6 is 11.3 Å². The number of anilines is 2. The lowest BCUT2D eigenvalue weighted by atomic mass is 10.1. The van der Waals surface area contributed by atoms with E-state index in [1.165, 1.54) is 18.4 Å². The Morgan fingerprint density at radius 1 is 1.60 bits per heavy atom. The number of carbonyl (C=O) groups excluding carboxylic acids is 1. The quantitative estimate of drug-likeness (QED) is 0.834. The summed E-state index contributed by atoms with van der Waals surface area (Å²) in [5, 5.41) is 10.0. The molecular formula is C13H17N3O3S. The highest BCUT2D eigenvalue weighted by atomic mass is 32.1. The third-order valence-electron chi connectivity index (χ3n) is 3.12. The number of esters is 1. The van der Waals surface area contributed by atoms with Crippen molar-refractivity contribution in [3.63, 3.8) is 0 Å². The molecule has 0 aromatic carbocycles. The fourth-order valence-electron chi connectivity index (χ4n) is 2.20. The number of methoxy groups -OCH3 is 1. The van der Waals surface area contributed by atoms with Crippen LogP contribution in [0.1, 0.15) is 29.1 Å². The van der Waals surface area contributed by atoms with E-state index in [-0.39, 0.29) is 16.2 Å². The summed E-state index contributed by atoms with van der Waals surface area (Å²) in [7, 11) is 1.30. The number of thiophene rings is 1. The zero-order chi connectivity index (χ0) is 14.9. The van der Waals surface area contributed by atoms with E-state index >= 15 is 0 Å². The van der Waals surface area contributed by atoms with E-state index in [2.05, 4.69) is 6.07 Å². The van der Waals surface area contributed by atoms with Gasteiger partial charge in [-0.1, -0.05) is 0 Å². The van der Waals surface area contributed by atoms with Gasteiger partial charge in [-0.3, -0.25) is 0 Å². The minimum Gasteiger partial charge on any atom is -0.465 e. The smallest absolute Gasteiger partial charge is 0.350 e. The highest BCUT2D eigenvalue weighted by Gasteiger charge is 2.32. The van der Waals surface area contributed by atoms with Crippen molar-refractivity contribution in [1.29, 1.82) is 5.26 Å². The van der Waals surface area contributed by atoms with Gasteiger partial charge < -0.3 is 20.1 Å². The molecule has 2 heterocycles. The van der Waals surface area contributed by atoms with Gasteiger partial charge in [0, 0.05) is 13.1 Å². The maximum absolute atomic E-state index is 11.7. The van der Waals surface area contributed by atoms with Crippen molar-refractivity contribution < 1.29 is 14.3 Å². The minimum absolute atomic E-state index is 0.198. The Balaban J connectivity index is 2.42. The molecule has 0 amide bonds. The van der Waals surface area contributed by atoms with Crippen molar-refractivity contribution in [2.24, 2.45) is 0 Å². The molecule has 20 heavy (non-hydrogen) atoms. The average Bonchev–Trinajstić information content (AvgIpc) is 2.73. The highest BCUT2D eigenvalue weighted by molar-refractivity contribution is 7.18. The summed E-state index contributed by atoms with van der Waals surface area (Å²) in [6, 6.07) is 2.08. The van der Waals surface area contributed by atoms with Gasteiger partial charge in [0.25, 0.3) is 0 Å². The summed E-state index contributed by atoms with van der Waals surface area (Å²) in [5.41, 5.74) is 6.14. The van der Waals surface area contributed by atoms with Gasteiger partial charge in [0.15, 0.2) is 0 Å². The molecule has 0 bridgehead atoms. The molecule has 1 aromatic heterocycles. The van der Waals surface area contributed by atoms with Crippen LogP contribution in [0.4, 0.5) is 10.7 Å². The van der Waals surface area contributed by atoms with Crippen LogP contribution in [-0.2, 0) is 9.47 Å². The molecule has 2 N–H and O–H groups in total. The Kier molecular flexibility index (Phi) is 3.88. The number of morpholine rings is 1. The zero-order valence-electron chi connectivity index (χ0n) is 11.7. The number of ether oxygens (including phenoxy) is 2. The van der Waals surface area contributed by atoms with Crippen molar-refractivity contribution in [2.45, 2.75) is 19.4 Å². The topological polar surface area (TPSA) is 88.6 Å². The van der Waals surface area contributed by atoms with Gasteiger partial charge in [-0.15, -0.1) is 11.3 Å². The second-order valence-electron chi connectivity index (χ2n) is 5.16. The van der Waals surface area contributed by atoms with Crippen molar-refractivity contribution in [3.05, 3.63) is 10.4 Å². The van der Waals surface area contributed by atoms with E-state index in [1.807, 2.05) is 18.7 Å². The van der Waals surface area contributed by atoms with Crippen molar-refractivity contribution in [2.75, 3.05) is 37.4 Å². The second-order valence-corrected chi connectivity index (χ2v) is 6.16. The van der Waals surface area contributed by atoms with Gasteiger partial charge in [-0.25, -0.2) is 4.79 Å². The second kappa shape index (κ2) is 5.31. The molecule has 1 aliphatic rings. The number of rotatable bonds is 2. The summed E-state index contributed by atoms with van der Waals surface area (Å²) >= 11 is 1.20. The summed E-state index contributed by atoms with van der Waals surface area (Å²) < 4.78 is 10.4. The van der Waals surface area contributed by atoms with Crippen molar-refractivity contribution in [1.82, 2.24) is 0 Å². The SMILES string of the molecule is COC(=O)c1sc(N2CCOC(C)(C)C2)c(C#N)c1N. The van der Waals surface area contributed by atoms with Crippen LogP contribution in [0.3, 0.4) is 0 Å². The number of nitrogens with zero attached hydrogens (tertiary/aromatic N) is 2. The third-order valence-corrected chi connectivity index (χ3v) is 4.37. The molecule has 1 fully saturated rings. The Morgan fingerprint density at radius 3 is 2.85 bits per heavy atom. The molecule has 0 saturated carbocycles. The molecule has 0 spiro atoms. The van der Waals surface area contributed by atoms with Crippen molar-refractivity contribution >= 4 is 28.0 Å². The molecule has 108 valence electrons. The molecule has 0 atom stereocenters. The summed E-state index contributed by atoms with van der Waals surface area (Å²) in [5.74, 6) is -0.511. The molecule has 1 aromatic rings. The monoisotopic (exact) mass is 295 g/mol. The number of carbonyl (C=O) groups is 1. The minimum atomic E-state index is -0.511. The lowest BCUT2D eigenvalue weighted by molar-refractivity contribution is -0.0275. The van der Waals surface area contributed by atoms with Crippen molar-refractivity contribution in [3.8, 4) is 6.07 Å². The van der Waals surface area contributed by atoms with E-state index in [1.54, 1.807) is 0 Å². The first-order valence-electron chi connectivity index (χ1n) is 6.19. The van der Waals surface area contributed by atoms with Gasteiger partial charge in [-0.05, 0) is 13.8 Å². The summed E-state index contributed by atoms with van der Waals surface area (Å²) in [4.78, 5) is 14.0. The first-order chi connectivity index (χ1) is 9.39. The maximum atomic E-state index is 11.7. The van der Waals surface area contributed by atoms with Gasteiger partial charge >= 0.3 is 5.97 Å². The van der Waals surface area contributed by atoms with E-state index < -0.39 is 5.97 Å². The van der Waals surface area contributed by atoms with E-state index in [9.17, 15) is 10.1 Å². The Bertz CT molecular complexity index is 574. The lowest BCUT2D eigenvalue weighted by Crippen LogP contribution is -2.48. The van der Waals surface area contributed by atoms with E-state index in [4.69, 9.17) is 15.2 Å². The van der Waals surface area contributed by atoms with Gasteiger partial charge in [0.1, 0.15) is 21.5 Å². The van der Waals surface area contributed by atoms with Crippen LogP contribution in [0.25, 0.3) is 0 Å². The molecule has 6 nitrogen and oxygen atoms in total. The molecular weight excluding hydrogens is 278 g/mol. The Hall–Kier alpha value is -1.78. The fraction of sp³-hybridized carbons (Fsp3) is 0.538. The molecule has 0 unspecified atom stereocenters. The Morgan fingerprint density at radius 2 is 2.30 bits per heavy atom. The van der Waals surface area contributed by atoms with Crippen LogP contribution < -0.4 is 10.6 Å². The molecule has 2 rings (SSSR count). The average molecular weight is 295 g/mol. The van der Waals surface area contributed by atoms with Gasteiger partial charge in [0.2, 0.25) is 0 Å². The lowest BCUT2D eigenvalue weighted by Gasteiger charge is -2.38. The number of hydrogen-bond acceptors (Lipinski definition) is 7. The number of nitriles is 1. The molecule has 0 aliphatic carbocycles. The van der Waals surface area contributed by atoms with Gasteiger partial charge in [-0.2, -0.15) is 5.26 Å². The normalized spacial score (nSPS) is 17.6. The predicted octanol–water partition coefficient (Wildman–Crippen LogP) is 1.60. The first-order valence-corrected chi connectivity index (χ1v) is 7.01. The fourth-order valence-corrected chi connectivity index (χ4v) is 3.31. The molecule has 1 saturated heterocycles. The maximum Gasteiger partial charge on any atom is 0.350 e. The molecule has 7 heteroatoms. The summed E-state index contributed by atoms with van der Waals surface area (Å²) in [6.45, 7) is 5.86. The third kappa shape index (κ3) is 2.57. The van der Waals surface area contributed by atoms with Gasteiger partial charge in [0.05, 0.1) is 25.0 Å². The van der Waals surface area contributed by atoms with Crippen LogP contribution in [-0.4, -0.2) is 38.4 Å². The van der Waals surface area contributed by atoms with E-state index in [0.717, 1.165) is 0 Å². The van der Waals surface area contributed by atoms with Crippen LogP contribution in [0.5, 0.6) is 0 Å². The summed E-state index contributed by atoms with van der Waals surface area (Å²) in [6.07, 6.45) is 0. The van der Waals surface area contributed by atoms with Crippen LogP contribution in [0.2, 0.25) is 0 Å². The van der Waals surface area contributed by atoms with Crippen LogP contribution in [0, 0.1) is 11.3 Å². The standard InChI is InChI=1S/C13H17N3O3S/c1-13(2)7-16(4-5-19-13)11-8(6-14)9(15)10(20-11)12(17)18-3/h4-5,7,15H2,1-3H3. The zero-order valence-corrected chi connectivity index (χ0v) is 12.5. The number of hydrogen-bond donors (Lipinski definition) is 1. The predicted molar refractivity (Wildman–Crippen MR) is 77.0 cm³/mol. The molecule has 0 radical (unpaired) electrons.